The summed E-state index contributed by atoms with van der Waals surface area (Å²) in [6.07, 6.45) is 3.58. The topological polar surface area (TPSA) is 77.3 Å². The summed E-state index contributed by atoms with van der Waals surface area (Å²) in [5, 5.41) is 3.22. The molecule has 0 saturated carbocycles. The molecule has 9 aromatic rings. The number of benzene rings is 4. The average molecular weight is 621 g/mol. The van der Waals surface area contributed by atoms with Crippen LogP contribution in [0.15, 0.2) is 146 Å². The van der Waals surface area contributed by atoms with Crippen molar-refractivity contribution in [1.82, 2.24) is 28.7 Å². The number of aromatic nitrogens is 6. The molecule has 0 atom stereocenters. The smallest absolute Gasteiger partial charge is 0.114 e. The van der Waals surface area contributed by atoms with E-state index in [-0.39, 0.29) is 0 Å². The Hall–Kier alpha value is -6.18. The van der Waals surface area contributed by atoms with Gasteiger partial charge in [-0.1, -0.05) is 84.9 Å². The van der Waals surface area contributed by atoms with Gasteiger partial charge in [-0.15, -0.1) is 0 Å². The van der Waals surface area contributed by atoms with E-state index in [2.05, 4.69) is 94.9 Å². The van der Waals surface area contributed by atoms with Crippen LogP contribution in [0, 0.1) is 0 Å². The van der Waals surface area contributed by atoms with Gasteiger partial charge in [0.2, 0.25) is 0 Å². The van der Waals surface area contributed by atoms with Gasteiger partial charge in [-0.3, -0.25) is 9.97 Å². The van der Waals surface area contributed by atoms with Gasteiger partial charge in [-0.05, 0) is 65.2 Å². The Morgan fingerprint density at radius 2 is 1.06 bits per heavy atom. The molecule has 0 aliphatic carbocycles. The summed E-state index contributed by atoms with van der Waals surface area (Å²) in [5.74, 6) is 0. The molecular weight excluding hydrogens is 597 g/mol. The molecule has 0 fully saturated rings. The summed E-state index contributed by atoms with van der Waals surface area (Å²) in [7, 11) is 0. The maximum Gasteiger partial charge on any atom is 0.114 e. The van der Waals surface area contributed by atoms with E-state index in [4.69, 9.17) is 18.7 Å². The maximum atomic E-state index is 5.16. The molecule has 5 aromatic heterocycles. The van der Waals surface area contributed by atoms with E-state index in [0.29, 0.717) is 0 Å². The van der Waals surface area contributed by atoms with E-state index in [1.807, 2.05) is 48.5 Å². The summed E-state index contributed by atoms with van der Waals surface area (Å²) in [6, 6.07) is 45.4. The SMILES string of the molecule is c1ccc(-c2nc3ccccc3c3c2cc(-c2ccc(-c4cc(-c5ccccn5)nc(-c5ccccn5)c4)cc2)c2nsnc23)cc1. The highest BCUT2D eigenvalue weighted by Crippen LogP contribution is 2.41. The second-order valence-corrected chi connectivity index (χ2v) is 11.8. The van der Waals surface area contributed by atoms with Crippen LogP contribution in [0.4, 0.5) is 0 Å². The molecule has 220 valence electrons. The van der Waals surface area contributed by atoms with Crippen LogP contribution in [0.25, 0.3) is 89.0 Å². The number of pyridine rings is 4. The van der Waals surface area contributed by atoms with Crippen molar-refractivity contribution in [2.24, 2.45) is 0 Å². The Balaban J connectivity index is 1.21. The van der Waals surface area contributed by atoms with E-state index in [9.17, 15) is 0 Å². The molecule has 0 bridgehead atoms. The van der Waals surface area contributed by atoms with Gasteiger partial charge in [0, 0.05) is 39.7 Å². The molecule has 7 heteroatoms. The molecule has 6 nitrogen and oxygen atoms in total. The second kappa shape index (κ2) is 11.3. The third-order valence-electron chi connectivity index (χ3n) is 8.46. The highest BCUT2D eigenvalue weighted by atomic mass is 32.1. The fraction of sp³-hybridized carbons (Fsp3) is 0. The van der Waals surface area contributed by atoms with Gasteiger partial charge < -0.3 is 0 Å². The monoisotopic (exact) mass is 620 g/mol. The lowest BCUT2D eigenvalue weighted by molar-refractivity contribution is 1.22. The molecule has 0 unspecified atom stereocenters. The van der Waals surface area contributed by atoms with Crippen LogP contribution in [0.2, 0.25) is 0 Å². The fourth-order valence-electron chi connectivity index (χ4n) is 6.23. The Labute approximate surface area is 274 Å². The van der Waals surface area contributed by atoms with Crippen molar-refractivity contribution in [3.63, 3.8) is 0 Å². The van der Waals surface area contributed by atoms with E-state index in [1.54, 1.807) is 12.4 Å². The van der Waals surface area contributed by atoms with Gasteiger partial charge in [-0.2, -0.15) is 8.75 Å². The zero-order valence-electron chi connectivity index (χ0n) is 24.9. The zero-order valence-corrected chi connectivity index (χ0v) is 25.8. The van der Waals surface area contributed by atoms with Crippen molar-refractivity contribution in [3.05, 3.63) is 146 Å². The molecular formula is C40H24N6S. The van der Waals surface area contributed by atoms with Gasteiger partial charge in [0.05, 0.1) is 45.7 Å². The van der Waals surface area contributed by atoms with E-state index >= 15 is 0 Å². The summed E-state index contributed by atoms with van der Waals surface area (Å²) >= 11 is 1.25. The highest BCUT2D eigenvalue weighted by molar-refractivity contribution is 7.00. The second-order valence-electron chi connectivity index (χ2n) is 11.3. The molecule has 5 heterocycles. The molecule has 47 heavy (non-hydrogen) atoms. The standard InChI is InChI=1S/C40H24N6S/c1-2-10-27(11-3-1)38-31-24-30(39-40(46-47-45-39)37(31)29-12-4-5-13-32(29)44-38)26-18-16-25(17-19-26)28-22-35(33-14-6-8-20-41-33)43-36(23-28)34-15-7-9-21-42-34/h1-24H. The lowest BCUT2D eigenvalue weighted by atomic mass is 9.93. The largest absolute Gasteiger partial charge is 0.255 e. The molecule has 9 rings (SSSR count). The van der Waals surface area contributed by atoms with Crippen LogP contribution in [-0.2, 0) is 0 Å². The van der Waals surface area contributed by atoms with Crippen molar-refractivity contribution in [2.75, 3.05) is 0 Å². The van der Waals surface area contributed by atoms with Crippen LogP contribution < -0.4 is 0 Å². The number of nitrogens with zero attached hydrogens (tertiary/aromatic N) is 6. The van der Waals surface area contributed by atoms with Crippen molar-refractivity contribution in [3.8, 4) is 56.3 Å². The van der Waals surface area contributed by atoms with Crippen molar-refractivity contribution in [2.45, 2.75) is 0 Å². The van der Waals surface area contributed by atoms with Crippen molar-refractivity contribution >= 4 is 44.4 Å². The minimum absolute atomic E-state index is 0.797. The van der Waals surface area contributed by atoms with Crippen molar-refractivity contribution in [1.29, 1.82) is 0 Å². The first-order valence-electron chi connectivity index (χ1n) is 15.3. The average Bonchev–Trinajstić information content (AvgIpc) is 3.65. The highest BCUT2D eigenvalue weighted by Gasteiger charge is 2.19. The van der Waals surface area contributed by atoms with Gasteiger partial charge in [0.15, 0.2) is 0 Å². The Bertz CT molecular complexity index is 2490. The molecule has 0 saturated heterocycles. The number of fused-ring (bicyclic) bond motifs is 5. The summed E-state index contributed by atoms with van der Waals surface area (Å²) in [6.45, 7) is 0. The minimum atomic E-state index is 0.797. The predicted octanol–water partition coefficient (Wildman–Crippen LogP) is 9.91. The van der Waals surface area contributed by atoms with Crippen LogP contribution in [0.1, 0.15) is 0 Å². The number of hydrogen-bond acceptors (Lipinski definition) is 7. The predicted molar refractivity (Wildman–Crippen MR) is 191 cm³/mol. The minimum Gasteiger partial charge on any atom is -0.255 e. The van der Waals surface area contributed by atoms with Crippen LogP contribution in [0.5, 0.6) is 0 Å². The third kappa shape index (κ3) is 4.81. The Morgan fingerprint density at radius 1 is 0.426 bits per heavy atom. The molecule has 0 aliphatic rings. The first-order valence-corrected chi connectivity index (χ1v) is 16.0. The van der Waals surface area contributed by atoms with Gasteiger partial charge >= 0.3 is 0 Å². The number of rotatable bonds is 5. The lowest BCUT2D eigenvalue weighted by Crippen LogP contribution is -1.94. The first kappa shape index (κ1) is 27.2. The van der Waals surface area contributed by atoms with Gasteiger partial charge in [0.25, 0.3) is 0 Å². The third-order valence-corrected chi connectivity index (χ3v) is 8.98. The summed E-state index contributed by atoms with van der Waals surface area (Å²) < 4.78 is 9.66. The molecule has 0 aliphatic heterocycles. The van der Waals surface area contributed by atoms with Crippen LogP contribution >= 0.6 is 11.7 Å². The zero-order chi connectivity index (χ0) is 31.2. The molecule has 0 amide bonds. The number of hydrogen-bond donors (Lipinski definition) is 0. The van der Waals surface area contributed by atoms with E-state index < -0.39 is 0 Å². The van der Waals surface area contributed by atoms with Gasteiger partial charge in [0.1, 0.15) is 11.0 Å². The molecule has 0 spiro atoms. The summed E-state index contributed by atoms with van der Waals surface area (Å²) in [4.78, 5) is 19.2. The van der Waals surface area contributed by atoms with Crippen LogP contribution in [-0.4, -0.2) is 28.7 Å². The molecule has 4 aromatic carbocycles. The van der Waals surface area contributed by atoms with E-state index in [1.165, 1.54) is 11.7 Å². The van der Waals surface area contributed by atoms with Crippen LogP contribution in [0.3, 0.4) is 0 Å². The lowest BCUT2D eigenvalue weighted by Gasteiger charge is -2.13. The van der Waals surface area contributed by atoms with Crippen molar-refractivity contribution < 1.29 is 0 Å². The molecule has 0 N–H and O–H groups in total. The maximum absolute atomic E-state index is 5.16. The number of para-hydroxylation sites is 1. The quantitative estimate of drug-likeness (QED) is 0.178. The van der Waals surface area contributed by atoms with Gasteiger partial charge in [-0.25, -0.2) is 9.97 Å². The Morgan fingerprint density at radius 3 is 1.77 bits per heavy atom. The summed E-state index contributed by atoms with van der Waals surface area (Å²) in [5.41, 5.74) is 12.1. The fourth-order valence-corrected chi connectivity index (χ4v) is 6.80. The molecule has 0 radical (unpaired) electrons. The normalized spacial score (nSPS) is 11.4. The Kier molecular flexibility index (Phi) is 6.54. The first-order chi connectivity index (χ1) is 23.3. The van der Waals surface area contributed by atoms with E-state index in [0.717, 1.165) is 89.0 Å².